The second kappa shape index (κ2) is 5.96. The van der Waals surface area contributed by atoms with Gasteiger partial charge in [-0.2, -0.15) is 0 Å². The Bertz CT molecular complexity index is 410. The van der Waals surface area contributed by atoms with Crippen molar-refractivity contribution in [1.82, 2.24) is 0 Å². The summed E-state index contributed by atoms with van der Waals surface area (Å²) in [6.07, 6.45) is 0.851. The minimum absolute atomic E-state index is 0.151. The second-order valence-corrected chi connectivity index (χ2v) is 5.18. The van der Waals surface area contributed by atoms with Gasteiger partial charge in [0.1, 0.15) is 5.82 Å². The van der Waals surface area contributed by atoms with Crippen molar-refractivity contribution < 1.29 is 19.4 Å². The molecule has 0 heterocycles. The largest absolute Gasteiger partial charge is 0.481 e. The molecule has 0 bridgehead atoms. The zero-order valence-corrected chi connectivity index (χ0v) is 10.7. The number of carbonyl (C=O) groups is 1. The Labute approximate surface area is 106 Å². The average Bonchev–Trinajstić information content (AvgIpc) is 2.24. The van der Waals surface area contributed by atoms with Gasteiger partial charge in [0, 0.05) is 0 Å². The van der Waals surface area contributed by atoms with E-state index < -0.39 is 17.5 Å². The lowest BCUT2D eigenvalue weighted by atomic mass is 9.90. The first-order valence-electron chi connectivity index (χ1n) is 5.98. The van der Waals surface area contributed by atoms with Crippen LogP contribution >= 0.6 is 0 Å². The van der Waals surface area contributed by atoms with Gasteiger partial charge in [-0.05, 0) is 44.7 Å². The maximum Gasteiger partial charge on any atom is 0.306 e. The SMILES string of the molecule is CC(C)(O)CCC(Cc1ccccc1F)C(=O)O. The number of hydrogen-bond acceptors (Lipinski definition) is 2. The Hall–Kier alpha value is -1.42. The molecule has 1 unspecified atom stereocenters. The molecule has 0 saturated heterocycles. The van der Waals surface area contributed by atoms with E-state index in [9.17, 15) is 14.3 Å². The molecule has 3 nitrogen and oxygen atoms in total. The first-order valence-corrected chi connectivity index (χ1v) is 5.98. The molecule has 4 heteroatoms. The first kappa shape index (κ1) is 14.6. The Morgan fingerprint density at radius 3 is 2.50 bits per heavy atom. The van der Waals surface area contributed by atoms with Crippen LogP contribution in [0.4, 0.5) is 4.39 Å². The second-order valence-electron chi connectivity index (χ2n) is 5.18. The molecular weight excluding hydrogens is 235 g/mol. The van der Waals surface area contributed by atoms with E-state index in [2.05, 4.69) is 0 Å². The van der Waals surface area contributed by atoms with E-state index in [1.165, 1.54) is 6.07 Å². The molecule has 0 saturated carbocycles. The topological polar surface area (TPSA) is 57.5 Å². The summed E-state index contributed by atoms with van der Waals surface area (Å²) in [6.45, 7) is 3.27. The minimum Gasteiger partial charge on any atom is -0.481 e. The summed E-state index contributed by atoms with van der Waals surface area (Å²) < 4.78 is 13.4. The highest BCUT2D eigenvalue weighted by Gasteiger charge is 2.23. The van der Waals surface area contributed by atoms with E-state index in [0.29, 0.717) is 18.4 Å². The van der Waals surface area contributed by atoms with Crippen LogP contribution in [0.3, 0.4) is 0 Å². The molecule has 100 valence electrons. The van der Waals surface area contributed by atoms with Crippen LogP contribution in [0.1, 0.15) is 32.3 Å². The van der Waals surface area contributed by atoms with E-state index >= 15 is 0 Å². The summed E-state index contributed by atoms with van der Waals surface area (Å²) in [5.74, 6) is -2.01. The van der Waals surface area contributed by atoms with Crippen molar-refractivity contribution in [2.24, 2.45) is 5.92 Å². The molecule has 0 radical (unpaired) electrons. The van der Waals surface area contributed by atoms with Crippen LogP contribution in [0.5, 0.6) is 0 Å². The summed E-state index contributed by atoms with van der Waals surface area (Å²) in [4.78, 5) is 11.1. The Morgan fingerprint density at radius 1 is 1.39 bits per heavy atom. The predicted molar refractivity (Wildman–Crippen MR) is 66.8 cm³/mol. The maximum atomic E-state index is 13.4. The maximum absolute atomic E-state index is 13.4. The van der Waals surface area contributed by atoms with Crippen LogP contribution in [0.2, 0.25) is 0 Å². The smallest absolute Gasteiger partial charge is 0.306 e. The highest BCUT2D eigenvalue weighted by Crippen LogP contribution is 2.21. The van der Waals surface area contributed by atoms with E-state index in [4.69, 9.17) is 5.11 Å². The van der Waals surface area contributed by atoms with Gasteiger partial charge >= 0.3 is 5.97 Å². The van der Waals surface area contributed by atoms with Gasteiger partial charge in [-0.1, -0.05) is 18.2 Å². The van der Waals surface area contributed by atoms with Crippen molar-refractivity contribution in [3.8, 4) is 0 Å². The van der Waals surface area contributed by atoms with Gasteiger partial charge in [-0.3, -0.25) is 4.79 Å². The van der Waals surface area contributed by atoms with Crippen LogP contribution in [0.15, 0.2) is 24.3 Å². The minimum atomic E-state index is -0.956. The third kappa shape index (κ3) is 4.84. The quantitative estimate of drug-likeness (QED) is 0.820. The number of rotatable bonds is 6. The van der Waals surface area contributed by atoms with Gasteiger partial charge in [-0.15, -0.1) is 0 Å². The van der Waals surface area contributed by atoms with Crippen molar-refractivity contribution in [2.75, 3.05) is 0 Å². The van der Waals surface area contributed by atoms with Crippen LogP contribution in [0, 0.1) is 11.7 Å². The molecule has 0 aliphatic rings. The standard InChI is InChI=1S/C14H19FO3/c1-14(2,18)8-7-11(13(16)17)9-10-5-3-4-6-12(10)15/h3-6,11,18H,7-9H2,1-2H3,(H,16,17). The van der Waals surface area contributed by atoms with Gasteiger partial charge in [0.2, 0.25) is 0 Å². The first-order chi connectivity index (χ1) is 8.29. The number of hydrogen-bond donors (Lipinski definition) is 2. The predicted octanol–water partition coefficient (Wildman–Crippen LogP) is 2.62. The number of halogens is 1. The van der Waals surface area contributed by atoms with Crippen LogP contribution in [0.25, 0.3) is 0 Å². The third-order valence-corrected chi connectivity index (χ3v) is 2.88. The lowest BCUT2D eigenvalue weighted by Crippen LogP contribution is -2.24. The normalized spacial score (nSPS) is 13.3. The Balaban J connectivity index is 2.70. The van der Waals surface area contributed by atoms with Crippen molar-refractivity contribution in [2.45, 2.75) is 38.7 Å². The van der Waals surface area contributed by atoms with Crippen molar-refractivity contribution >= 4 is 5.97 Å². The van der Waals surface area contributed by atoms with Crippen LogP contribution in [-0.2, 0) is 11.2 Å². The third-order valence-electron chi connectivity index (χ3n) is 2.88. The van der Waals surface area contributed by atoms with Crippen molar-refractivity contribution in [3.63, 3.8) is 0 Å². The van der Waals surface area contributed by atoms with E-state index in [-0.39, 0.29) is 12.2 Å². The monoisotopic (exact) mass is 254 g/mol. The van der Waals surface area contributed by atoms with Gasteiger partial charge < -0.3 is 10.2 Å². The molecule has 1 aromatic rings. The summed E-state index contributed by atoms with van der Waals surface area (Å²) in [6, 6.07) is 6.18. The van der Waals surface area contributed by atoms with Crippen LogP contribution < -0.4 is 0 Å². The van der Waals surface area contributed by atoms with Gasteiger partial charge in [0.05, 0.1) is 11.5 Å². The molecule has 1 atom stereocenters. The fourth-order valence-electron chi connectivity index (χ4n) is 1.77. The average molecular weight is 254 g/mol. The lowest BCUT2D eigenvalue weighted by Gasteiger charge is -2.20. The molecule has 0 amide bonds. The molecule has 18 heavy (non-hydrogen) atoms. The summed E-state index contributed by atoms with van der Waals surface area (Å²) in [5.41, 5.74) is -0.496. The number of aliphatic hydroxyl groups is 1. The zero-order valence-electron chi connectivity index (χ0n) is 10.7. The highest BCUT2D eigenvalue weighted by atomic mass is 19.1. The molecule has 0 aromatic heterocycles. The molecule has 2 N–H and O–H groups in total. The van der Waals surface area contributed by atoms with Crippen molar-refractivity contribution in [3.05, 3.63) is 35.6 Å². The van der Waals surface area contributed by atoms with Gasteiger partial charge in [-0.25, -0.2) is 4.39 Å². The number of benzene rings is 1. The summed E-state index contributed by atoms with van der Waals surface area (Å²) in [7, 11) is 0. The van der Waals surface area contributed by atoms with E-state index in [0.717, 1.165) is 0 Å². The van der Waals surface area contributed by atoms with E-state index in [1.54, 1.807) is 32.0 Å². The van der Waals surface area contributed by atoms with Crippen molar-refractivity contribution in [1.29, 1.82) is 0 Å². The molecule has 0 aliphatic carbocycles. The molecule has 0 fully saturated rings. The molecular formula is C14H19FO3. The number of aliphatic carboxylic acids is 1. The molecule has 0 aliphatic heterocycles. The summed E-state index contributed by atoms with van der Waals surface area (Å²) in [5, 5.41) is 18.7. The van der Waals surface area contributed by atoms with Gasteiger partial charge in [0.15, 0.2) is 0 Å². The zero-order chi connectivity index (χ0) is 13.8. The Morgan fingerprint density at radius 2 is 2.00 bits per heavy atom. The molecule has 1 rings (SSSR count). The van der Waals surface area contributed by atoms with Crippen LogP contribution in [-0.4, -0.2) is 21.8 Å². The summed E-state index contributed by atoms with van der Waals surface area (Å²) >= 11 is 0. The Kier molecular flexibility index (Phi) is 4.84. The number of carboxylic acids is 1. The lowest BCUT2D eigenvalue weighted by molar-refractivity contribution is -0.142. The molecule has 0 spiro atoms. The van der Waals surface area contributed by atoms with E-state index in [1.807, 2.05) is 0 Å². The molecule has 1 aromatic carbocycles. The van der Waals surface area contributed by atoms with Gasteiger partial charge in [0.25, 0.3) is 0 Å². The highest BCUT2D eigenvalue weighted by molar-refractivity contribution is 5.70. The number of carboxylic acid groups (broad SMARTS) is 1. The fraction of sp³-hybridized carbons (Fsp3) is 0.500. The fourth-order valence-corrected chi connectivity index (χ4v) is 1.77.